The van der Waals surface area contributed by atoms with Gasteiger partial charge in [-0.3, -0.25) is 4.79 Å². The summed E-state index contributed by atoms with van der Waals surface area (Å²) in [5, 5.41) is 6.05. The highest BCUT2D eigenvalue weighted by molar-refractivity contribution is 5.85. The van der Waals surface area contributed by atoms with Crippen LogP contribution in [0.3, 0.4) is 0 Å². The van der Waals surface area contributed by atoms with Crippen LogP contribution in [0.15, 0.2) is 0 Å². The van der Waals surface area contributed by atoms with E-state index in [9.17, 15) is 4.79 Å². The summed E-state index contributed by atoms with van der Waals surface area (Å²) in [6.45, 7) is 4.65. The van der Waals surface area contributed by atoms with E-state index in [1.165, 1.54) is 12.8 Å². The van der Waals surface area contributed by atoms with Crippen molar-refractivity contribution in [3.05, 3.63) is 0 Å². The lowest BCUT2D eigenvalue weighted by Crippen LogP contribution is -2.49. The predicted molar refractivity (Wildman–Crippen MR) is 91.3 cm³/mol. The van der Waals surface area contributed by atoms with Crippen molar-refractivity contribution in [2.24, 2.45) is 5.92 Å². The van der Waals surface area contributed by atoms with E-state index in [4.69, 9.17) is 4.74 Å². The summed E-state index contributed by atoms with van der Waals surface area (Å²) in [5.74, 6) is 1.23. The monoisotopic (exact) mass is 334 g/mol. The average molecular weight is 334 g/mol. The molecule has 0 bridgehead atoms. The number of carbonyl (C=O) groups is 1. The van der Waals surface area contributed by atoms with Gasteiger partial charge in [0.25, 0.3) is 0 Å². The number of piperidine rings is 1. The number of carbonyl (C=O) groups excluding carboxylic acids is 1. The zero-order chi connectivity index (χ0) is 16.9. The molecule has 2 aliphatic rings. The number of rotatable bonds is 4. The Labute approximate surface area is 142 Å². The minimum Gasteiger partial charge on any atom is -0.467 e. The summed E-state index contributed by atoms with van der Waals surface area (Å²) in [6.07, 6.45) is 5.69. The van der Waals surface area contributed by atoms with E-state index < -0.39 is 0 Å². The number of hydrogen-bond acceptors (Lipinski definition) is 7. The Bertz CT molecular complexity index is 574. The van der Waals surface area contributed by atoms with Gasteiger partial charge in [0, 0.05) is 19.6 Å². The lowest BCUT2D eigenvalue weighted by Gasteiger charge is -2.29. The van der Waals surface area contributed by atoms with E-state index in [0.717, 1.165) is 38.9 Å². The quantitative estimate of drug-likeness (QED) is 0.854. The van der Waals surface area contributed by atoms with Gasteiger partial charge in [-0.15, -0.1) is 0 Å². The molecule has 1 aromatic rings. The first kappa shape index (κ1) is 16.7. The number of ether oxygens (including phenoxy) is 1. The van der Waals surface area contributed by atoms with Crippen LogP contribution >= 0.6 is 0 Å². The Morgan fingerprint density at radius 1 is 1.17 bits per heavy atom. The van der Waals surface area contributed by atoms with Crippen LogP contribution in [0.4, 0.5) is 11.9 Å². The minimum atomic E-state index is -0.331. The highest BCUT2D eigenvalue weighted by atomic mass is 16.5. The molecule has 1 amide bonds. The Morgan fingerprint density at radius 3 is 2.58 bits per heavy atom. The predicted octanol–water partition coefficient (Wildman–Crippen LogP) is 1.20. The van der Waals surface area contributed by atoms with Crippen molar-refractivity contribution in [3.63, 3.8) is 0 Å². The second-order valence-corrected chi connectivity index (χ2v) is 6.53. The number of amides is 1. The second kappa shape index (κ2) is 7.63. The molecule has 0 aromatic carbocycles. The summed E-state index contributed by atoms with van der Waals surface area (Å²) in [5.41, 5.74) is 0. The lowest BCUT2D eigenvalue weighted by molar-refractivity contribution is -0.124. The Hall–Kier alpha value is -2.12. The Kier molecular flexibility index (Phi) is 5.32. The summed E-state index contributed by atoms with van der Waals surface area (Å²) in [7, 11) is 1.54. The van der Waals surface area contributed by atoms with Crippen molar-refractivity contribution in [1.29, 1.82) is 0 Å². The maximum Gasteiger partial charge on any atom is 0.322 e. The fourth-order valence-electron chi connectivity index (χ4n) is 3.22. The Morgan fingerprint density at radius 2 is 1.92 bits per heavy atom. The fourth-order valence-corrected chi connectivity index (χ4v) is 3.22. The van der Waals surface area contributed by atoms with E-state index in [1.54, 1.807) is 7.11 Å². The second-order valence-electron chi connectivity index (χ2n) is 6.53. The zero-order valence-electron chi connectivity index (χ0n) is 14.4. The number of methoxy groups -OCH3 is 1. The van der Waals surface area contributed by atoms with Gasteiger partial charge < -0.3 is 20.3 Å². The van der Waals surface area contributed by atoms with Gasteiger partial charge in [0.1, 0.15) is 6.04 Å². The number of nitrogens with zero attached hydrogens (tertiary/aromatic N) is 4. The molecule has 24 heavy (non-hydrogen) atoms. The molecule has 0 aliphatic carbocycles. The third-order valence-corrected chi connectivity index (χ3v) is 4.71. The van der Waals surface area contributed by atoms with Gasteiger partial charge in [0.2, 0.25) is 17.8 Å². The molecule has 0 radical (unpaired) electrons. The molecule has 2 N–H and O–H groups in total. The standard InChI is InChI=1S/C16H26N6O2/c1-11-7-8-17-13(23)12(11)18-14-19-15(21-16(20-14)24-2)22-9-5-3-4-6-10-22/h11-12H,3-10H2,1-2H3,(H,17,23)(H,18,19,20,21)/t11-,12-/m0/s1. The third kappa shape index (κ3) is 3.85. The van der Waals surface area contributed by atoms with Gasteiger partial charge in [-0.1, -0.05) is 19.8 Å². The van der Waals surface area contributed by atoms with Gasteiger partial charge in [-0.25, -0.2) is 0 Å². The average Bonchev–Trinajstić information content (AvgIpc) is 2.87. The molecule has 8 nitrogen and oxygen atoms in total. The van der Waals surface area contributed by atoms with Gasteiger partial charge >= 0.3 is 6.01 Å². The van der Waals surface area contributed by atoms with Gasteiger partial charge in [0.05, 0.1) is 7.11 Å². The molecular weight excluding hydrogens is 308 g/mol. The van der Waals surface area contributed by atoms with Crippen molar-refractivity contribution >= 4 is 17.8 Å². The summed E-state index contributed by atoms with van der Waals surface area (Å²) in [4.78, 5) is 27.5. The van der Waals surface area contributed by atoms with Crippen LogP contribution in [-0.2, 0) is 4.79 Å². The Balaban J connectivity index is 1.81. The van der Waals surface area contributed by atoms with E-state index in [-0.39, 0.29) is 23.9 Å². The number of anilines is 2. The zero-order valence-corrected chi connectivity index (χ0v) is 14.4. The van der Waals surface area contributed by atoms with Gasteiger partial charge in [-0.05, 0) is 25.2 Å². The van der Waals surface area contributed by atoms with E-state index in [0.29, 0.717) is 11.9 Å². The molecule has 3 rings (SSSR count). The minimum absolute atomic E-state index is 0.00977. The van der Waals surface area contributed by atoms with E-state index >= 15 is 0 Å². The van der Waals surface area contributed by atoms with Gasteiger partial charge in [0.15, 0.2) is 0 Å². The molecule has 0 spiro atoms. The first-order valence-electron chi connectivity index (χ1n) is 8.76. The molecule has 1 aromatic heterocycles. The van der Waals surface area contributed by atoms with Crippen LogP contribution in [0.25, 0.3) is 0 Å². The van der Waals surface area contributed by atoms with Crippen molar-refractivity contribution in [1.82, 2.24) is 20.3 Å². The van der Waals surface area contributed by atoms with Gasteiger partial charge in [-0.2, -0.15) is 15.0 Å². The molecule has 0 unspecified atom stereocenters. The largest absolute Gasteiger partial charge is 0.467 e. The smallest absolute Gasteiger partial charge is 0.322 e. The topological polar surface area (TPSA) is 92.3 Å². The highest BCUT2D eigenvalue weighted by Gasteiger charge is 2.30. The highest BCUT2D eigenvalue weighted by Crippen LogP contribution is 2.21. The third-order valence-electron chi connectivity index (χ3n) is 4.71. The summed E-state index contributed by atoms with van der Waals surface area (Å²) < 4.78 is 5.23. The molecule has 132 valence electrons. The molecule has 3 heterocycles. The van der Waals surface area contributed by atoms with Crippen LogP contribution in [-0.4, -0.2) is 53.6 Å². The molecule has 2 saturated heterocycles. The maximum atomic E-state index is 12.1. The van der Waals surface area contributed by atoms with E-state index in [2.05, 4.69) is 37.4 Å². The molecule has 8 heteroatoms. The van der Waals surface area contributed by atoms with Crippen molar-refractivity contribution in [2.75, 3.05) is 37.0 Å². The van der Waals surface area contributed by atoms with Crippen molar-refractivity contribution in [2.45, 2.75) is 45.1 Å². The molecule has 2 aliphatic heterocycles. The summed E-state index contributed by atoms with van der Waals surface area (Å²) in [6, 6.07) is -0.0570. The van der Waals surface area contributed by atoms with Crippen LogP contribution in [0.5, 0.6) is 6.01 Å². The number of hydrogen-bond donors (Lipinski definition) is 2. The first-order chi connectivity index (χ1) is 11.7. The summed E-state index contributed by atoms with van der Waals surface area (Å²) >= 11 is 0. The van der Waals surface area contributed by atoms with Crippen LogP contribution < -0.4 is 20.3 Å². The maximum absolute atomic E-state index is 12.1. The molecule has 0 saturated carbocycles. The molecule has 2 fully saturated rings. The van der Waals surface area contributed by atoms with Crippen molar-refractivity contribution < 1.29 is 9.53 Å². The lowest BCUT2D eigenvalue weighted by atomic mass is 9.94. The normalized spacial score (nSPS) is 24.9. The number of nitrogens with one attached hydrogen (secondary N) is 2. The van der Waals surface area contributed by atoms with Crippen LogP contribution in [0, 0.1) is 5.92 Å². The number of aromatic nitrogens is 3. The van der Waals surface area contributed by atoms with Crippen LogP contribution in [0.2, 0.25) is 0 Å². The fraction of sp³-hybridized carbons (Fsp3) is 0.750. The first-order valence-corrected chi connectivity index (χ1v) is 8.76. The molecule has 2 atom stereocenters. The molecular formula is C16H26N6O2. The van der Waals surface area contributed by atoms with E-state index in [1.807, 2.05) is 0 Å². The SMILES string of the molecule is COc1nc(N[C@@H]2C(=O)NCC[C@@H]2C)nc(N2CCCCCC2)n1. The van der Waals surface area contributed by atoms with Crippen molar-refractivity contribution in [3.8, 4) is 6.01 Å². The van der Waals surface area contributed by atoms with Crippen LogP contribution in [0.1, 0.15) is 39.0 Å².